The van der Waals surface area contributed by atoms with Gasteiger partial charge in [-0.25, -0.2) is 4.79 Å². The number of rotatable bonds is 9. The average molecular weight is 400 g/mol. The Bertz CT molecular complexity index is 629. The molecule has 0 atom stereocenters. The van der Waals surface area contributed by atoms with E-state index in [9.17, 15) is 14.4 Å². The number of benzene rings is 1. The minimum absolute atomic E-state index is 0.103. The second-order valence-electron chi connectivity index (χ2n) is 6.65. The second kappa shape index (κ2) is 11.3. The number of halogens is 1. The van der Waals surface area contributed by atoms with Crippen molar-refractivity contribution in [3.05, 3.63) is 29.3 Å². The molecule has 1 aromatic rings. The number of hydrogen-bond acceptors (Lipinski definition) is 5. The van der Waals surface area contributed by atoms with Crippen molar-refractivity contribution in [1.82, 2.24) is 16.0 Å². The van der Waals surface area contributed by atoms with E-state index in [1.807, 2.05) is 0 Å². The monoisotopic (exact) mass is 399 g/mol. The van der Waals surface area contributed by atoms with Gasteiger partial charge < -0.3 is 25.4 Å². The highest BCUT2D eigenvalue weighted by atomic mass is 35.5. The fraction of sp³-hybridized carbons (Fsp3) is 0.500. The Balaban J connectivity index is 2.05. The van der Waals surface area contributed by atoms with Crippen molar-refractivity contribution in [2.45, 2.75) is 32.8 Å². The van der Waals surface area contributed by atoms with Crippen molar-refractivity contribution in [3.63, 3.8) is 0 Å². The molecular formula is C18H26ClN3O5. The molecular weight excluding hydrogens is 374 g/mol. The van der Waals surface area contributed by atoms with E-state index < -0.39 is 11.7 Å². The van der Waals surface area contributed by atoms with Crippen molar-refractivity contribution in [2.75, 3.05) is 26.2 Å². The minimum Gasteiger partial charge on any atom is -0.484 e. The molecule has 9 heteroatoms. The topological polar surface area (TPSA) is 106 Å². The number of hydrogen-bond donors (Lipinski definition) is 3. The summed E-state index contributed by atoms with van der Waals surface area (Å²) in [6, 6.07) is 6.71. The van der Waals surface area contributed by atoms with Crippen LogP contribution < -0.4 is 20.7 Å². The van der Waals surface area contributed by atoms with Gasteiger partial charge >= 0.3 is 6.09 Å². The highest BCUT2D eigenvalue weighted by Gasteiger charge is 2.16. The van der Waals surface area contributed by atoms with E-state index in [0.717, 1.165) is 0 Å². The Morgan fingerprint density at radius 3 is 2.15 bits per heavy atom. The largest absolute Gasteiger partial charge is 0.484 e. The molecule has 1 aromatic carbocycles. The lowest BCUT2D eigenvalue weighted by molar-refractivity contribution is -0.123. The molecule has 0 bridgehead atoms. The smallest absolute Gasteiger partial charge is 0.408 e. The maximum Gasteiger partial charge on any atom is 0.408 e. The summed E-state index contributed by atoms with van der Waals surface area (Å²) in [7, 11) is 0. The molecule has 0 heterocycles. The van der Waals surface area contributed by atoms with Crippen LogP contribution in [0.5, 0.6) is 5.75 Å². The van der Waals surface area contributed by atoms with Gasteiger partial charge in [-0.1, -0.05) is 11.6 Å². The molecule has 8 nitrogen and oxygen atoms in total. The fourth-order valence-electron chi connectivity index (χ4n) is 1.80. The second-order valence-corrected chi connectivity index (χ2v) is 7.09. The molecule has 1 rings (SSSR count). The summed E-state index contributed by atoms with van der Waals surface area (Å²) in [6.45, 7) is 5.70. The summed E-state index contributed by atoms with van der Waals surface area (Å²) < 4.78 is 10.3. The molecule has 0 aliphatic rings. The first-order valence-corrected chi connectivity index (χ1v) is 8.92. The third kappa shape index (κ3) is 11.7. The lowest BCUT2D eigenvalue weighted by Crippen LogP contribution is -2.40. The van der Waals surface area contributed by atoms with Crippen LogP contribution in [0.4, 0.5) is 4.79 Å². The molecule has 0 saturated heterocycles. The van der Waals surface area contributed by atoms with E-state index in [1.54, 1.807) is 45.0 Å². The first-order valence-electron chi connectivity index (χ1n) is 8.54. The van der Waals surface area contributed by atoms with E-state index in [2.05, 4.69) is 16.0 Å². The normalized spacial score (nSPS) is 10.7. The molecule has 27 heavy (non-hydrogen) atoms. The fourth-order valence-corrected chi connectivity index (χ4v) is 1.93. The first-order chi connectivity index (χ1) is 12.7. The first kappa shape index (κ1) is 22.6. The quantitative estimate of drug-likeness (QED) is 0.549. The molecule has 0 aliphatic heterocycles. The lowest BCUT2D eigenvalue weighted by atomic mass is 10.2. The Morgan fingerprint density at radius 2 is 1.56 bits per heavy atom. The van der Waals surface area contributed by atoms with Gasteiger partial charge in [-0.3, -0.25) is 9.59 Å². The Kier molecular flexibility index (Phi) is 9.42. The van der Waals surface area contributed by atoms with Crippen LogP contribution in [0.1, 0.15) is 27.2 Å². The summed E-state index contributed by atoms with van der Waals surface area (Å²) >= 11 is 5.76. The van der Waals surface area contributed by atoms with Crippen molar-refractivity contribution in [2.24, 2.45) is 0 Å². The van der Waals surface area contributed by atoms with Crippen LogP contribution in [-0.4, -0.2) is 49.7 Å². The average Bonchev–Trinajstić information content (AvgIpc) is 2.57. The van der Waals surface area contributed by atoms with E-state index in [4.69, 9.17) is 21.1 Å². The molecule has 0 spiro atoms. The molecule has 3 N–H and O–H groups in total. The highest BCUT2D eigenvalue weighted by molar-refractivity contribution is 6.30. The van der Waals surface area contributed by atoms with E-state index in [0.29, 0.717) is 30.3 Å². The summed E-state index contributed by atoms with van der Waals surface area (Å²) in [6.07, 6.45) is -0.101. The number of nitrogens with one attached hydrogen (secondary N) is 3. The predicted molar refractivity (Wildman–Crippen MR) is 102 cm³/mol. The maximum absolute atomic E-state index is 11.7. The lowest BCUT2D eigenvalue weighted by Gasteiger charge is -2.19. The van der Waals surface area contributed by atoms with E-state index in [1.165, 1.54) is 0 Å². The zero-order valence-electron chi connectivity index (χ0n) is 15.8. The number of ether oxygens (including phenoxy) is 2. The third-order valence-corrected chi connectivity index (χ3v) is 3.23. The van der Waals surface area contributed by atoms with Gasteiger partial charge in [0.25, 0.3) is 5.91 Å². The van der Waals surface area contributed by atoms with E-state index in [-0.39, 0.29) is 25.0 Å². The summed E-state index contributed by atoms with van der Waals surface area (Å²) in [5.41, 5.74) is -0.615. The summed E-state index contributed by atoms with van der Waals surface area (Å²) in [5, 5.41) is 8.28. The third-order valence-electron chi connectivity index (χ3n) is 2.97. The highest BCUT2D eigenvalue weighted by Crippen LogP contribution is 2.15. The van der Waals surface area contributed by atoms with Crippen molar-refractivity contribution >= 4 is 29.5 Å². The van der Waals surface area contributed by atoms with Gasteiger partial charge in [0.1, 0.15) is 11.4 Å². The molecule has 0 aliphatic carbocycles. The van der Waals surface area contributed by atoms with Crippen molar-refractivity contribution in [1.29, 1.82) is 0 Å². The van der Waals surface area contributed by atoms with Gasteiger partial charge in [-0.2, -0.15) is 0 Å². The zero-order chi connectivity index (χ0) is 20.3. The number of amides is 3. The Morgan fingerprint density at radius 1 is 0.963 bits per heavy atom. The molecule has 0 aromatic heterocycles. The van der Waals surface area contributed by atoms with Gasteiger partial charge in [0, 0.05) is 18.1 Å². The van der Waals surface area contributed by atoms with Crippen LogP contribution >= 0.6 is 11.6 Å². The van der Waals surface area contributed by atoms with Gasteiger partial charge in [-0.05, 0) is 51.5 Å². The van der Waals surface area contributed by atoms with Crippen LogP contribution in [0.3, 0.4) is 0 Å². The molecule has 0 saturated carbocycles. The van der Waals surface area contributed by atoms with Crippen LogP contribution in [-0.2, 0) is 14.3 Å². The van der Waals surface area contributed by atoms with Crippen LogP contribution in [0, 0.1) is 0 Å². The standard InChI is InChI=1S/C18H26ClN3O5/c1-18(2,3)27-17(25)22-11-15(23)20-9-4-10-21-16(24)12-26-14-7-5-13(19)6-8-14/h5-8H,4,9-12H2,1-3H3,(H,20,23)(H,21,24)(H,22,25). The zero-order valence-corrected chi connectivity index (χ0v) is 16.5. The predicted octanol–water partition coefficient (Wildman–Crippen LogP) is 1.87. The van der Waals surface area contributed by atoms with Gasteiger partial charge in [0.2, 0.25) is 5.91 Å². The van der Waals surface area contributed by atoms with Gasteiger partial charge in [0.15, 0.2) is 6.61 Å². The van der Waals surface area contributed by atoms with Crippen molar-refractivity contribution < 1.29 is 23.9 Å². The van der Waals surface area contributed by atoms with E-state index >= 15 is 0 Å². The number of carbonyl (C=O) groups excluding carboxylic acids is 3. The van der Waals surface area contributed by atoms with Gasteiger partial charge in [0.05, 0.1) is 6.54 Å². The summed E-state index contributed by atoms with van der Waals surface area (Å²) in [5.74, 6) is -0.0413. The maximum atomic E-state index is 11.7. The molecule has 0 unspecified atom stereocenters. The molecule has 0 fully saturated rings. The van der Waals surface area contributed by atoms with Crippen LogP contribution in [0.25, 0.3) is 0 Å². The molecule has 150 valence electrons. The molecule has 3 amide bonds. The number of carbonyl (C=O) groups is 3. The van der Waals surface area contributed by atoms with Crippen LogP contribution in [0.15, 0.2) is 24.3 Å². The Labute approximate surface area is 163 Å². The minimum atomic E-state index is -0.648. The number of alkyl carbamates (subject to hydrolysis) is 1. The summed E-state index contributed by atoms with van der Waals surface area (Å²) in [4.78, 5) is 34.7. The SMILES string of the molecule is CC(C)(C)OC(=O)NCC(=O)NCCCNC(=O)COc1ccc(Cl)cc1. The van der Waals surface area contributed by atoms with Gasteiger partial charge in [-0.15, -0.1) is 0 Å². The molecule has 0 radical (unpaired) electrons. The van der Waals surface area contributed by atoms with Crippen molar-refractivity contribution in [3.8, 4) is 5.75 Å². The Hall–Kier alpha value is -2.48. The van der Waals surface area contributed by atoms with Crippen LogP contribution in [0.2, 0.25) is 5.02 Å².